The zero-order valence-corrected chi connectivity index (χ0v) is 10.5. The molecule has 4 heteroatoms. The van der Waals surface area contributed by atoms with Gasteiger partial charge in [0.25, 0.3) is 0 Å². The summed E-state index contributed by atoms with van der Waals surface area (Å²) < 4.78 is 18.8. The summed E-state index contributed by atoms with van der Waals surface area (Å²) in [6.07, 6.45) is 0. The van der Waals surface area contributed by atoms with E-state index in [-0.39, 0.29) is 12.4 Å². The Labute approximate surface area is 110 Å². The van der Waals surface area contributed by atoms with E-state index in [4.69, 9.17) is 10.5 Å². The van der Waals surface area contributed by atoms with E-state index in [0.29, 0.717) is 5.56 Å². The fraction of sp³-hybridized carbons (Fsp3) is 0.133. The van der Waals surface area contributed by atoms with Crippen molar-refractivity contribution in [3.8, 4) is 5.75 Å². The Morgan fingerprint density at radius 2 is 2.00 bits per heavy atom. The average molecular weight is 259 g/mol. The number of ether oxygens (including phenoxy) is 1. The van der Waals surface area contributed by atoms with Gasteiger partial charge in [0.2, 0.25) is 5.91 Å². The molecule has 0 saturated heterocycles. The van der Waals surface area contributed by atoms with Crippen LogP contribution in [0.5, 0.6) is 5.75 Å². The van der Waals surface area contributed by atoms with Crippen molar-refractivity contribution in [3.63, 3.8) is 0 Å². The van der Waals surface area contributed by atoms with Crippen molar-refractivity contribution in [1.82, 2.24) is 0 Å². The maximum absolute atomic E-state index is 13.4. The third-order valence-corrected chi connectivity index (χ3v) is 2.85. The van der Waals surface area contributed by atoms with Crippen LogP contribution < -0.4 is 10.5 Å². The van der Waals surface area contributed by atoms with Crippen molar-refractivity contribution in [2.24, 2.45) is 5.73 Å². The highest BCUT2D eigenvalue weighted by molar-refractivity contribution is 5.93. The van der Waals surface area contributed by atoms with Crippen molar-refractivity contribution >= 4 is 5.91 Å². The largest absolute Gasteiger partial charge is 0.486 e. The summed E-state index contributed by atoms with van der Waals surface area (Å²) >= 11 is 0. The molecule has 0 unspecified atom stereocenters. The Morgan fingerprint density at radius 3 is 2.63 bits per heavy atom. The van der Waals surface area contributed by atoms with Crippen molar-refractivity contribution in [1.29, 1.82) is 0 Å². The standard InChI is InChI=1S/C15H14FNO2/c1-10-8-11(15(17)18)6-7-12(10)9-19-14-5-3-2-4-13(14)16/h2-8H,9H2,1H3,(H2,17,18). The van der Waals surface area contributed by atoms with Crippen molar-refractivity contribution in [2.45, 2.75) is 13.5 Å². The summed E-state index contributed by atoms with van der Waals surface area (Å²) in [6, 6.07) is 11.3. The van der Waals surface area contributed by atoms with Crippen molar-refractivity contribution < 1.29 is 13.9 Å². The maximum Gasteiger partial charge on any atom is 0.248 e. The zero-order chi connectivity index (χ0) is 13.8. The number of aryl methyl sites for hydroxylation is 1. The number of hydrogen-bond acceptors (Lipinski definition) is 2. The summed E-state index contributed by atoms with van der Waals surface area (Å²) in [5.41, 5.74) is 7.41. The third kappa shape index (κ3) is 3.10. The number of hydrogen-bond donors (Lipinski definition) is 1. The molecule has 0 saturated carbocycles. The molecule has 0 spiro atoms. The highest BCUT2D eigenvalue weighted by Crippen LogP contribution is 2.18. The molecule has 0 aliphatic rings. The summed E-state index contributed by atoms with van der Waals surface area (Å²) in [5.74, 6) is -0.653. The minimum Gasteiger partial charge on any atom is -0.486 e. The zero-order valence-electron chi connectivity index (χ0n) is 10.5. The van der Waals surface area contributed by atoms with E-state index in [0.717, 1.165) is 11.1 Å². The Morgan fingerprint density at radius 1 is 1.26 bits per heavy atom. The highest BCUT2D eigenvalue weighted by atomic mass is 19.1. The first-order chi connectivity index (χ1) is 9.08. The van der Waals surface area contributed by atoms with Crippen LogP contribution in [0.1, 0.15) is 21.5 Å². The molecule has 0 aliphatic heterocycles. The molecule has 1 amide bonds. The first kappa shape index (κ1) is 13.1. The maximum atomic E-state index is 13.4. The lowest BCUT2D eigenvalue weighted by Gasteiger charge is -2.10. The highest BCUT2D eigenvalue weighted by Gasteiger charge is 2.06. The van der Waals surface area contributed by atoms with Crippen LogP contribution >= 0.6 is 0 Å². The quantitative estimate of drug-likeness (QED) is 0.917. The summed E-state index contributed by atoms with van der Waals surface area (Å²) in [4.78, 5) is 11.0. The smallest absolute Gasteiger partial charge is 0.248 e. The average Bonchev–Trinajstić information content (AvgIpc) is 2.39. The number of benzene rings is 2. The molecule has 0 atom stereocenters. The van der Waals surface area contributed by atoms with Gasteiger partial charge >= 0.3 is 0 Å². The molecule has 2 rings (SSSR count). The number of nitrogens with two attached hydrogens (primary N) is 1. The van der Waals surface area contributed by atoms with E-state index in [1.54, 1.807) is 36.4 Å². The molecule has 2 aromatic carbocycles. The van der Waals surface area contributed by atoms with Gasteiger partial charge in [0, 0.05) is 5.56 Å². The first-order valence-corrected chi connectivity index (χ1v) is 5.84. The minimum atomic E-state index is -0.468. The van der Waals surface area contributed by atoms with Gasteiger partial charge in [0.15, 0.2) is 11.6 Å². The normalized spacial score (nSPS) is 10.2. The molecule has 0 aromatic heterocycles. The number of carbonyl (C=O) groups excluding carboxylic acids is 1. The lowest BCUT2D eigenvalue weighted by Crippen LogP contribution is -2.11. The monoisotopic (exact) mass is 259 g/mol. The molecule has 3 nitrogen and oxygen atoms in total. The number of amides is 1. The second kappa shape index (κ2) is 5.52. The Kier molecular flexibility index (Phi) is 3.80. The molecule has 2 N–H and O–H groups in total. The van der Waals surface area contributed by atoms with Crippen LogP contribution in [0.4, 0.5) is 4.39 Å². The lowest BCUT2D eigenvalue weighted by molar-refractivity contribution is 0.1000. The Bertz CT molecular complexity index is 611. The van der Waals surface area contributed by atoms with Gasteiger partial charge in [-0.2, -0.15) is 0 Å². The van der Waals surface area contributed by atoms with Gasteiger partial charge < -0.3 is 10.5 Å². The number of carbonyl (C=O) groups is 1. The molecule has 98 valence electrons. The van der Waals surface area contributed by atoms with Crippen LogP contribution in [0.2, 0.25) is 0 Å². The van der Waals surface area contributed by atoms with E-state index in [2.05, 4.69) is 0 Å². The molecule has 0 aliphatic carbocycles. The Hall–Kier alpha value is -2.36. The lowest BCUT2D eigenvalue weighted by atomic mass is 10.1. The molecular formula is C15H14FNO2. The molecule has 0 heterocycles. The van der Waals surface area contributed by atoms with Gasteiger partial charge in [-0.3, -0.25) is 4.79 Å². The summed E-state index contributed by atoms with van der Waals surface area (Å²) in [5, 5.41) is 0. The van der Waals surface area contributed by atoms with E-state index >= 15 is 0 Å². The summed E-state index contributed by atoms with van der Waals surface area (Å²) in [6.45, 7) is 2.10. The van der Waals surface area contributed by atoms with Gasteiger partial charge in [-0.25, -0.2) is 4.39 Å². The van der Waals surface area contributed by atoms with Crippen LogP contribution in [0, 0.1) is 12.7 Å². The Balaban J connectivity index is 2.12. The SMILES string of the molecule is Cc1cc(C(N)=O)ccc1COc1ccccc1F. The van der Waals surface area contributed by atoms with Gasteiger partial charge in [-0.05, 0) is 42.3 Å². The summed E-state index contributed by atoms with van der Waals surface area (Å²) in [7, 11) is 0. The first-order valence-electron chi connectivity index (χ1n) is 5.84. The van der Waals surface area contributed by atoms with E-state index in [9.17, 15) is 9.18 Å². The van der Waals surface area contributed by atoms with Crippen LogP contribution in [0.3, 0.4) is 0 Å². The van der Waals surface area contributed by atoms with Crippen LogP contribution in [-0.2, 0) is 6.61 Å². The van der Waals surface area contributed by atoms with Crippen LogP contribution in [0.25, 0.3) is 0 Å². The second-order valence-corrected chi connectivity index (χ2v) is 4.22. The van der Waals surface area contributed by atoms with E-state index < -0.39 is 11.7 Å². The van der Waals surface area contributed by atoms with Crippen molar-refractivity contribution in [2.75, 3.05) is 0 Å². The van der Waals surface area contributed by atoms with E-state index in [1.807, 2.05) is 6.92 Å². The molecule has 19 heavy (non-hydrogen) atoms. The molecule has 0 fully saturated rings. The van der Waals surface area contributed by atoms with Gasteiger partial charge in [-0.1, -0.05) is 18.2 Å². The number of rotatable bonds is 4. The predicted octanol–water partition coefficient (Wildman–Crippen LogP) is 2.81. The minimum absolute atomic E-state index is 0.209. The number of halogens is 1. The predicted molar refractivity (Wildman–Crippen MR) is 70.4 cm³/mol. The van der Waals surface area contributed by atoms with Crippen LogP contribution in [-0.4, -0.2) is 5.91 Å². The fourth-order valence-electron chi connectivity index (χ4n) is 1.73. The number of para-hydroxylation sites is 1. The number of primary amides is 1. The molecular weight excluding hydrogens is 245 g/mol. The molecule has 0 radical (unpaired) electrons. The fourth-order valence-corrected chi connectivity index (χ4v) is 1.73. The third-order valence-electron chi connectivity index (χ3n) is 2.85. The van der Waals surface area contributed by atoms with Gasteiger partial charge in [0.1, 0.15) is 6.61 Å². The van der Waals surface area contributed by atoms with Crippen LogP contribution in [0.15, 0.2) is 42.5 Å². The van der Waals surface area contributed by atoms with Gasteiger partial charge in [-0.15, -0.1) is 0 Å². The van der Waals surface area contributed by atoms with Gasteiger partial charge in [0.05, 0.1) is 0 Å². The van der Waals surface area contributed by atoms with E-state index in [1.165, 1.54) is 6.07 Å². The molecule has 2 aromatic rings. The second-order valence-electron chi connectivity index (χ2n) is 4.22. The molecule has 0 bridgehead atoms. The topological polar surface area (TPSA) is 52.3 Å². The van der Waals surface area contributed by atoms with Crippen molar-refractivity contribution in [3.05, 3.63) is 65.0 Å².